The highest BCUT2D eigenvalue weighted by Crippen LogP contribution is 2.19. The van der Waals surface area contributed by atoms with Crippen molar-refractivity contribution in [2.24, 2.45) is 0 Å². The number of aliphatic hydroxyl groups excluding tert-OH is 3. The van der Waals surface area contributed by atoms with Gasteiger partial charge in [-0.05, 0) is 6.92 Å². The summed E-state index contributed by atoms with van der Waals surface area (Å²) < 4.78 is 4.98. The number of hydrogen-bond donors (Lipinski definition) is 3. The predicted octanol–water partition coefficient (Wildman–Crippen LogP) is -1.51. The van der Waals surface area contributed by atoms with Gasteiger partial charge in [0.2, 0.25) is 0 Å². The molecular weight excluding hydrogens is 136 g/mol. The van der Waals surface area contributed by atoms with E-state index >= 15 is 0 Å². The van der Waals surface area contributed by atoms with Gasteiger partial charge in [-0.1, -0.05) is 0 Å². The molecule has 0 aliphatic carbocycles. The molecule has 4 heteroatoms. The molecule has 0 saturated carbocycles. The van der Waals surface area contributed by atoms with Crippen molar-refractivity contribution in [3.8, 4) is 0 Å². The first-order chi connectivity index (χ1) is 4.66. The highest BCUT2D eigenvalue weighted by atomic mass is 16.5. The van der Waals surface area contributed by atoms with E-state index in [9.17, 15) is 0 Å². The van der Waals surface area contributed by atoms with E-state index in [1.54, 1.807) is 6.92 Å². The second-order valence-corrected chi connectivity index (χ2v) is 2.54. The van der Waals surface area contributed by atoms with Crippen LogP contribution in [0, 0.1) is 0 Å². The summed E-state index contributed by atoms with van der Waals surface area (Å²) in [7, 11) is 0. The summed E-state index contributed by atoms with van der Waals surface area (Å²) in [6, 6.07) is 0. The molecule has 10 heavy (non-hydrogen) atoms. The molecule has 1 aliphatic rings. The van der Waals surface area contributed by atoms with Gasteiger partial charge in [0.1, 0.15) is 18.3 Å². The zero-order valence-electron chi connectivity index (χ0n) is 5.77. The topological polar surface area (TPSA) is 69.9 Å². The molecule has 0 radical (unpaired) electrons. The van der Waals surface area contributed by atoms with E-state index in [-0.39, 0.29) is 12.7 Å². The quantitative estimate of drug-likeness (QED) is 0.422. The Morgan fingerprint density at radius 2 is 1.90 bits per heavy atom. The Kier molecular flexibility index (Phi) is 2.25. The molecule has 4 nitrogen and oxygen atoms in total. The third-order valence-electron chi connectivity index (χ3n) is 1.78. The molecule has 0 amide bonds. The van der Waals surface area contributed by atoms with E-state index in [2.05, 4.69) is 0 Å². The lowest BCUT2D eigenvalue weighted by Crippen LogP contribution is -2.33. The van der Waals surface area contributed by atoms with Gasteiger partial charge in [-0.25, -0.2) is 0 Å². The lowest BCUT2D eigenvalue weighted by Gasteiger charge is -2.10. The molecule has 0 bridgehead atoms. The Bertz CT molecular complexity index is 116. The number of aliphatic hydroxyl groups is 3. The Balaban J connectivity index is 2.53. The van der Waals surface area contributed by atoms with Crippen LogP contribution < -0.4 is 0 Å². The van der Waals surface area contributed by atoms with Gasteiger partial charge in [0.25, 0.3) is 0 Å². The zero-order chi connectivity index (χ0) is 7.72. The van der Waals surface area contributed by atoms with Gasteiger partial charge >= 0.3 is 0 Å². The third kappa shape index (κ3) is 1.15. The molecule has 0 aromatic rings. The van der Waals surface area contributed by atoms with Crippen molar-refractivity contribution in [2.45, 2.75) is 31.3 Å². The molecule has 60 valence electrons. The molecule has 1 rings (SSSR count). The van der Waals surface area contributed by atoms with Crippen LogP contribution in [0.15, 0.2) is 0 Å². The van der Waals surface area contributed by atoms with Gasteiger partial charge in [0.05, 0.1) is 12.7 Å². The molecule has 0 aromatic heterocycles. The monoisotopic (exact) mass is 148 g/mol. The van der Waals surface area contributed by atoms with Crippen molar-refractivity contribution in [3.05, 3.63) is 0 Å². The van der Waals surface area contributed by atoms with Crippen molar-refractivity contribution in [1.82, 2.24) is 0 Å². The van der Waals surface area contributed by atoms with Gasteiger partial charge in [-0.15, -0.1) is 0 Å². The molecule has 1 fully saturated rings. The van der Waals surface area contributed by atoms with Crippen LogP contribution in [0.25, 0.3) is 0 Å². The van der Waals surface area contributed by atoms with Gasteiger partial charge in [-0.2, -0.15) is 0 Å². The van der Waals surface area contributed by atoms with Crippen molar-refractivity contribution in [1.29, 1.82) is 0 Å². The smallest absolute Gasteiger partial charge is 0.111 e. The van der Waals surface area contributed by atoms with Gasteiger partial charge in [-0.3, -0.25) is 0 Å². The Hall–Kier alpha value is -0.160. The Morgan fingerprint density at radius 1 is 1.30 bits per heavy atom. The third-order valence-corrected chi connectivity index (χ3v) is 1.78. The first-order valence-corrected chi connectivity index (χ1v) is 3.29. The van der Waals surface area contributed by atoms with Gasteiger partial charge in [0, 0.05) is 0 Å². The van der Waals surface area contributed by atoms with Crippen LogP contribution in [0.5, 0.6) is 0 Å². The predicted molar refractivity (Wildman–Crippen MR) is 33.4 cm³/mol. The maximum Gasteiger partial charge on any atom is 0.111 e. The second-order valence-electron chi connectivity index (χ2n) is 2.54. The van der Waals surface area contributed by atoms with Crippen molar-refractivity contribution in [2.75, 3.05) is 6.61 Å². The van der Waals surface area contributed by atoms with E-state index in [0.717, 1.165) is 0 Å². The van der Waals surface area contributed by atoms with Crippen LogP contribution in [0.3, 0.4) is 0 Å². The fourth-order valence-corrected chi connectivity index (χ4v) is 1.09. The van der Waals surface area contributed by atoms with Crippen molar-refractivity contribution in [3.63, 3.8) is 0 Å². The number of rotatable bonds is 1. The summed E-state index contributed by atoms with van der Waals surface area (Å²) in [5.74, 6) is 0. The molecule has 1 heterocycles. The van der Waals surface area contributed by atoms with E-state index in [0.29, 0.717) is 0 Å². The molecule has 1 aliphatic heterocycles. The van der Waals surface area contributed by atoms with E-state index < -0.39 is 18.3 Å². The first-order valence-electron chi connectivity index (χ1n) is 3.29. The number of ether oxygens (including phenoxy) is 1. The van der Waals surface area contributed by atoms with Crippen molar-refractivity contribution < 1.29 is 20.1 Å². The standard InChI is InChI=1S/C6H12O4/c1-3-5(8)6(9)4(2-7)10-3/h3-9H,2H2,1H3/t3?,4-,5+,6+/m0/s1. The second kappa shape index (κ2) is 2.84. The van der Waals surface area contributed by atoms with Crippen LogP contribution in [0.4, 0.5) is 0 Å². The van der Waals surface area contributed by atoms with E-state index in [1.807, 2.05) is 0 Å². The number of hydrogen-bond acceptors (Lipinski definition) is 4. The first kappa shape index (κ1) is 7.94. The SMILES string of the molecule is CC1O[C@@H](CO)[C@@H](O)[C@@H]1O. The lowest BCUT2D eigenvalue weighted by atomic mass is 10.1. The van der Waals surface area contributed by atoms with Gasteiger partial charge in [0.15, 0.2) is 0 Å². The Labute approximate surface area is 59.1 Å². The molecule has 3 N–H and O–H groups in total. The summed E-state index contributed by atoms with van der Waals surface area (Å²) >= 11 is 0. The molecule has 0 spiro atoms. The minimum Gasteiger partial charge on any atom is -0.394 e. The fraction of sp³-hybridized carbons (Fsp3) is 1.00. The largest absolute Gasteiger partial charge is 0.394 e. The molecule has 4 atom stereocenters. The average molecular weight is 148 g/mol. The van der Waals surface area contributed by atoms with Crippen LogP contribution in [0.1, 0.15) is 6.92 Å². The maximum atomic E-state index is 9.09. The molecule has 1 unspecified atom stereocenters. The Morgan fingerprint density at radius 3 is 2.10 bits per heavy atom. The summed E-state index contributed by atoms with van der Waals surface area (Å²) in [5, 5.41) is 26.8. The zero-order valence-corrected chi connectivity index (χ0v) is 5.77. The van der Waals surface area contributed by atoms with Crippen LogP contribution >= 0.6 is 0 Å². The average Bonchev–Trinajstić information content (AvgIpc) is 2.17. The highest BCUT2D eigenvalue weighted by molar-refractivity contribution is 4.87. The van der Waals surface area contributed by atoms with E-state index in [1.165, 1.54) is 0 Å². The summed E-state index contributed by atoms with van der Waals surface area (Å²) in [4.78, 5) is 0. The fourth-order valence-electron chi connectivity index (χ4n) is 1.09. The van der Waals surface area contributed by atoms with Gasteiger partial charge < -0.3 is 20.1 Å². The molecule has 1 saturated heterocycles. The summed E-state index contributed by atoms with van der Waals surface area (Å²) in [6.45, 7) is 1.41. The summed E-state index contributed by atoms with van der Waals surface area (Å²) in [5.41, 5.74) is 0. The van der Waals surface area contributed by atoms with Crippen molar-refractivity contribution >= 4 is 0 Å². The van der Waals surface area contributed by atoms with Crippen LogP contribution in [-0.4, -0.2) is 46.3 Å². The molecular formula is C6H12O4. The lowest BCUT2D eigenvalue weighted by molar-refractivity contribution is -0.0171. The van der Waals surface area contributed by atoms with E-state index in [4.69, 9.17) is 20.1 Å². The molecule has 0 aromatic carbocycles. The van der Waals surface area contributed by atoms with Crippen LogP contribution in [0.2, 0.25) is 0 Å². The summed E-state index contributed by atoms with van der Waals surface area (Å²) in [6.07, 6.45) is -2.81. The maximum absolute atomic E-state index is 9.09. The van der Waals surface area contributed by atoms with Crippen LogP contribution in [-0.2, 0) is 4.74 Å². The highest BCUT2D eigenvalue weighted by Gasteiger charge is 2.39. The minimum absolute atomic E-state index is 0.247. The minimum atomic E-state index is -0.944. The normalized spacial score (nSPS) is 48.0.